The number of aliphatic hydroxyl groups is 1. The van der Waals surface area contributed by atoms with Crippen LogP contribution < -0.4 is 0 Å². The van der Waals surface area contributed by atoms with Crippen molar-refractivity contribution in [3.8, 4) is 0 Å². The van der Waals surface area contributed by atoms with E-state index < -0.39 is 0 Å². The van der Waals surface area contributed by atoms with E-state index in [-0.39, 0.29) is 12.4 Å². The first kappa shape index (κ1) is 10.5. The summed E-state index contributed by atoms with van der Waals surface area (Å²) < 4.78 is 14.1. The van der Waals surface area contributed by atoms with Gasteiger partial charge in [-0.2, -0.15) is 0 Å². The van der Waals surface area contributed by atoms with Crippen LogP contribution in [-0.4, -0.2) is 10.1 Å². The van der Waals surface area contributed by atoms with Crippen molar-refractivity contribution in [3.63, 3.8) is 0 Å². The molecule has 0 fully saturated rings. The highest BCUT2D eigenvalue weighted by atomic mass is 79.9. The van der Waals surface area contributed by atoms with Crippen LogP contribution in [0, 0.1) is 12.7 Å². The Morgan fingerprint density at radius 2 is 2.13 bits per heavy atom. The smallest absolute Gasteiger partial charge is 0.146 e. The molecule has 15 heavy (non-hydrogen) atoms. The van der Waals surface area contributed by atoms with Gasteiger partial charge < -0.3 is 5.11 Å². The molecule has 4 heteroatoms. The average molecular weight is 270 g/mol. The van der Waals surface area contributed by atoms with Gasteiger partial charge in [0.1, 0.15) is 5.82 Å². The van der Waals surface area contributed by atoms with E-state index in [1.54, 1.807) is 6.07 Å². The molecule has 0 saturated carbocycles. The van der Waals surface area contributed by atoms with E-state index in [4.69, 9.17) is 5.11 Å². The van der Waals surface area contributed by atoms with Crippen molar-refractivity contribution >= 4 is 26.7 Å². The van der Waals surface area contributed by atoms with Crippen molar-refractivity contribution in [1.29, 1.82) is 0 Å². The molecule has 0 aliphatic rings. The van der Waals surface area contributed by atoms with Crippen molar-refractivity contribution in [3.05, 3.63) is 39.9 Å². The van der Waals surface area contributed by atoms with E-state index in [9.17, 15) is 4.39 Å². The van der Waals surface area contributed by atoms with E-state index >= 15 is 0 Å². The number of halogens is 2. The first-order chi connectivity index (χ1) is 7.15. The number of aryl methyl sites for hydroxylation is 1. The Balaban J connectivity index is 2.85. The van der Waals surface area contributed by atoms with E-state index in [2.05, 4.69) is 20.9 Å². The first-order valence-corrected chi connectivity index (χ1v) is 5.27. The molecule has 0 unspecified atom stereocenters. The van der Waals surface area contributed by atoms with Crippen LogP contribution in [0.1, 0.15) is 11.3 Å². The lowest BCUT2D eigenvalue weighted by Crippen LogP contribution is -1.96. The number of pyridine rings is 1. The zero-order chi connectivity index (χ0) is 11.0. The Labute approximate surface area is 94.9 Å². The molecular formula is C11H9BrFNO. The summed E-state index contributed by atoms with van der Waals surface area (Å²) in [5, 5.41) is 10.3. The summed E-state index contributed by atoms with van der Waals surface area (Å²) >= 11 is 3.12. The van der Waals surface area contributed by atoms with Crippen molar-refractivity contribution in [2.24, 2.45) is 0 Å². The maximum absolute atomic E-state index is 13.7. The van der Waals surface area contributed by atoms with Crippen LogP contribution in [0.15, 0.2) is 22.8 Å². The lowest BCUT2D eigenvalue weighted by atomic mass is 10.1. The summed E-state index contributed by atoms with van der Waals surface area (Å²) in [6.07, 6.45) is 1.45. The Morgan fingerprint density at radius 3 is 2.80 bits per heavy atom. The van der Waals surface area contributed by atoms with E-state index in [1.165, 1.54) is 6.20 Å². The second kappa shape index (κ2) is 3.87. The molecular weight excluding hydrogens is 261 g/mol. The predicted molar refractivity (Wildman–Crippen MR) is 60.1 cm³/mol. The van der Waals surface area contributed by atoms with Gasteiger partial charge in [0.15, 0.2) is 0 Å². The van der Waals surface area contributed by atoms with Gasteiger partial charge in [0, 0.05) is 11.6 Å². The van der Waals surface area contributed by atoms with Crippen LogP contribution in [0.2, 0.25) is 0 Å². The molecule has 0 aliphatic carbocycles. The summed E-state index contributed by atoms with van der Waals surface area (Å²) in [5.41, 5.74) is 1.41. The number of rotatable bonds is 1. The number of aromatic nitrogens is 1. The molecule has 1 aromatic heterocycles. The van der Waals surface area contributed by atoms with Gasteiger partial charge >= 0.3 is 0 Å². The van der Waals surface area contributed by atoms with Gasteiger partial charge in [-0.3, -0.25) is 4.98 Å². The Hall–Kier alpha value is -1.000. The minimum absolute atomic E-state index is 0.126. The predicted octanol–water partition coefficient (Wildman–Crippen LogP) is 2.94. The highest BCUT2D eigenvalue weighted by Crippen LogP contribution is 2.27. The van der Waals surface area contributed by atoms with Gasteiger partial charge in [-0.05, 0) is 39.9 Å². The van der Waals surface area contributed by atoms with Crippen LogP contribution in [-0.2, 0) is 6.61 Å². The molecule has 0 saturated heterocycles. The highest BCUT2D eigenvalue weighted by Gasteiger charge is 2.09. The third-order valence-corrected chi connectivity index (χ3v) is 3.08. The van der Waals surface area contributed by atoms with Crippen molar-refractivity contribution in [2.75, 3.05) is 0 Å². The number of hydrogen-bond acceptors (Lipinski definition) is 2. The zero-order valence-electron chi connectivity index (χ0n) is 8.09. The van der Waals surface area contributed by atoms with E-state index in [1.807, 2.05) is 13.0 Å². The second-order valence-electron chi connectivity index (χ2n) is 3.31. The third kappa shape index (κ3) is 1.64. The molecule has 78 valence electrons. The standard InChI is InChI=1S/C11H9BrFNO/c1-6-7-2-3-9(12)11(13)8(7)4-14-10(6)5-15/h2-4,15H,5H2,1H3. The van der Waals surface area contributed by atoms with Gasteiger partial charge in [-0.1, -0.05) is 6.07 Å². The number of aliphatic hydroxyl groups excluding tert-OH is 1. The van der Waals surface area contributed by atoms with Gasteiger partial charge in [0.25, 0.3) is 0 Å². The quantitative estimate of drug-likeness (QED) is 0.864. The highest BCUT2D eigenvalue weighted by molar-refractivity contribution is 9.10. The topological polar surface area (TPSA) is 33.1 Å². The molecule has 0 bridgehead atoms. The first-order valence-electron chi connectivity index (χ1n) is 4.48. The summed E-state index contributed by atoms with van der Waals surface area (Å²) in [6, 6.07) is 3.48. The second-order valence-corrected chi connectivity index (χ2v) is 4.16. The zero-order valence-corrected chi connectivity index (χ0v) is 9.68. The average Bonchev–Trinajstić information content (AvgIpc) is 2.24. The molecule has 0 atom stereocenters. The van der Waals surface area contributed by atoms with Gasteiger partial charge in [0.05, 0.1) is 16.8 Å². The molecule has 0 spiro atoms. The Bertz CT molecular complexity index is 527. The molecule has 1 heterocycles. The molecule has 1 N–H and O–H groups in total. The number of hydrogen-bond donors (Lipinski definition) is 1. The normalized spacial score (nSPS) is 10.9. The number of nitrogens with zero attached hydrogens (tertiary/aromatic N) is 1. The molecule has 2 nitrogen and oxygen atoms in total. The van der Waals surface area contributed by atoms with Crippen LogP contribution >= 0.6 is 15.9 Å². The van der Waals surface area contributed by atoms with Crippen LogP contribution in [0.3, 0.4) is 0 Å². The summed E-state index contributed by atoms with van der Waals surface area (Å²) in [7, 11) is 0. The third-order valence-electron chi connectivity index (χ3n) is 2.47. The van der Waals surface area contributed by atoms with Crippen molar-refractivity contribution < 1.29 is 9.50 Å². The van der Waals surface area contributed by atoms with Gasteiger partial charge in [-0.15, -0.1) is 0 Å². The summed E-state index contributed by atoms with van der Waals surface area (Å²) in [5.74, 6) is -0.312. The fourth-order valence-electron chi connectivity index (χ4n) is 1.57. The van der Waals surface area contributed by atoms with Crippen molar-refractivity contribution in [2.45, 2.75) is 13.5 Å². The minimum Gasteiger partial charge on any atom is -0.390 e. The number of benzene rings is 1. The molecule has 0 amide bonds. The fourth-order valence-corrected chi connectivity index (χ4v) is 1.92. The molecule has 0 radical (unpaired) electrons. The maximum atomic E-state index is 13.7. The van der Waals surface area contributed by atoms with Crippen LogP contribution in [0.25, 0.3) is 10.8 Å². The fraction of sp³-hybridized carbons (Fsp3) is 0.182. The van der Waals surface area contributed by atoms with Gasteiger partial charge in [0.2, 0.25) is 0 Å². The molecule has 0 aliphatic heterocycles. The lowest BCUT2D eigenvalue weighted by Gasteiger charge is -2.07. The van der Waals surface area contributed by atoms with Crippen molar-refractivity contribution in [1.82, 2.24) is 4.98 Å². The van der Waals surface area contributed by atoms with Crippen LogP contribution in [0.5, 0.6) is 0 Å². The largest absolute Gasteiger partial charge is 0.390 e. The minimum atomic E-state index is -0.312. The van der Waals surface area contributed by atoms with Gasteiger partial charge in [-0.25, -0.2) is 4.39 Å². The number of fused-ring (bicyclic) bond motifs is 1. The lowest BCUT2D eigenvalue weighted by molar-refractivity contribution is 0.276. The Kier molecular flexibility index (Phi) is 2.71. The summed E-state index contributed by atoms with van der Waals surface area (Å²) in [6.45, 7) is 1.70. The SMILES string of the molecule is Cc1c(CO)ncc2c(F)c(Br)ccc12. The molecule has 2 aromatic rings. The van der Waals surface area contributed by atoms with Crippen LogP contribution in [0.4, 0.5) is 4.39 Å². The monoisotopic (exact) mass is 269 g/mol. The maximum Gasteiger partial charge on any atom is 0.146 e. The molecule has 1 aromatic carbocycles. The Morgan fingerprint density at radius 1 is 1.40 bits per heavy atom. The summed E-state index contributed by atoms with van der Waals surface area (Å²) in [4.78, 5) is 4.02. The van der Waals surface area contributed by atoms with E-state index in [0.29, 0.717) is 15.6 Å². The molecule has 2 rings (SSSR count). The van der Waals surface area contributed by atoms with E-state index in [0.717, 1.165) is 10.9 Å².